The molecule has 0 radical (unpaired) electrons. The first-order valence-electron chi connectivity index (χ1n) is 5.51. The molecule has 0 amide bonds. The Morgan fingerprint density at radius 2 is 2.24 bits per heavy atom. The second kappa shape index (κ2) is 4.80. The summed E-state index contributed by atoms with van der Waals surface area (Å²) in [5, 5.41) is 9.37. The van der Waals surface area contributed by atoms with Crippen molar-refractivity contribution in [2.24, 2.45) is 0 Å². The summed E-state index contributed by atoms with van der Waals surface area (Å²) in [5.74, 6) is -0.951. The van der Waals surface area contributed by atoms with Crippen LogP contribution in [0.3, 0.4) is 0 Å². The van der Waals surface area contributed by atoms with Gasteiger partial charge >= 0.3 is 5.97 Å². The van der Waals surface area contributed by atoms with Crippen molar-refractivity contribution in [1.29, 1.82) is 0 Å². The Kier molecular flexibility index (Phi) is 3.38. The van der Waals surface area contributed by atoms with Crippen LogP contribution in [0.2, 0.25) is 5.02 Å². The summed E-state index contributed by atoms with van der Waals surface area (Å²) in [5.41, 5.74) is 2.45. The summed E-state index contributed by atoms with van der Waals surface area (Å²) < 4.78 is 0. The van der Waals surface area contributed by atoms with Crippen LogP contribution in [0.15, 0.2) is 29.8 Å². The molecule has 0 saturated heterocycles. The molecule has 1 heterocycles. The molecule has 1 aliphatic heterocycles. The normalized spacial score (nSPS) is 15.6. The van der Waals surface area contributed by atoms with Gasteiger partial charge in [0.2, 0.25) is 0 Å². The Labute approximate surface area is 105 Å². The van der Waals surface area contributed by atoms with E-state index in [1.807, 2.05) is 0 Å². The van der Waals surface area contributed by atoms with E-state index in [9.17, 15) is 4.79 Å². The quantitative estimate of drug-likeness (QED) is 0.821. The van der Waals surface area contributed by atoms with Crippen molar-refractivity contribution in [3.05, 3.63) is 40.4 Å². The predicted molar refractivity (Wildman–Crippen MR) is 69.0 cm³/mol. The summed E-state index contributed by atoms with van der Waals surface area (Å²) >= 11 is 6.13. The molecule has 0 saturated carbocycles. The van der Waals surface area contributed by atoms with Crippen molar-refractivity contribution in [2.45, 2.75) is 13.3 Å². The molecular weight excluding hydrogens is 238 g/mol. The highest BCUT2D eigenvalue weighted by Gasteiger charge is 2.15. The summed E-state index contributed by atoms with van der Waals surface area (Å²) in [6.07, 6.45) is 3.22. The van der Waals surface area contributed by atoms with Crippen LogP contribution < -0.4 is 4.90 Å². The predicted octanol–water partition coefficient (Wildman–Crippen LogP) is 3.19. The molecule has 1 aliphatic rings. The molecule has 1 aromatic rings. The van der Waals surface area contributed by atoms with E-state index < -0.39 is 5.97 Å². The largest absolute Gasteiger partial charge is 0.478 e. The highest BCUT2D eigenvalue weighted by molar-refractivity contribution is 6.33. The van der Waals surface area contributed by atoms with E-state index in [1.54, 1.807) is 12.1 Å². The molecule has 0 unspecified atom stereocenters. The van der Waals surface area contributed by atoms with Gasteiger partial charge in [-0.1, -0.05) is 23.3 Å². The molecule has 2 rings (SSSR count). The number of halogens is 1. The maximum atomic E-state index is 10.8. The molecule has 3 nitrogen and oxygen atoms in total. The average Bonchev–Trinajstić information content (AvgIpc) is 2.28. The summed E-state index contributed by atoms with van der Waals surface area (Å²) in [4.78, 5) is 13.0. The molecule has 1 N–H and O–H groups in total. The topological polar surface area (TPSA) is 40.5 Å². The smallest absolute Gasteiger partial charge is 0.335 e. The fourth-order valence-electron chi connectivity index (χ4n) is 2.01. The molecule has 0 fully saturated rings. The van der Waals surface area contributed by atoms with Gasteiger partial charge in [-0.3, -0.25) is 0 Å². The minimum absolute atomic E-state index is 0.225. The van der Waals surface area contributed by atoms with Gasteiger partial charge in [0, 0.05) is 13.1 Å². The monoisotopic (exact) mass is 251 g/mol. The van der Waals surface area contributed by atoms with Gasteiger partial charge in [-0.15, -0.1) is 0 Å². The van der Waals surface area contributed by atoms with Crippen molar-refractivity contribution in [3.63, 3.8) is 0 Å². The van der Waals surface area contributed by atoms with E-state index in [0.29, 0.717) is 5.02 Å². The second-order valence-corrected chi connectivity index (χ2v) is 4.64. The molecule has 0 spiro atoms. The lowest BCUT2D eigenvalue weighted by molar-refractivity contribution is 0.0697. The minimum atomic E-state index is -0.951. The van der Waals surface area contributed by atoms with Crippen LogP contribution in [0.25, 0.3) is 0 Å². The van der Waals surface area contributed by atoms with Gasteiger partial charge in [0.05, 0.1) is 16.3 Å². The van der Waals surface area contributed by atoms with Crippen molar-refractivity contribution in [3.8, 4) is 0 Å². The molecule has 1 aromatic carbocycles. The van der Waals surface area contributed by atoms with E-state index in [4.69, 9.17) is 16.7 Å². The van der Waals surface area contributed by atoms with Gasteiger partial charge < -0.3 is 10.0 Å². The van der Waals surface area contributed by atoms with E-state index in [-0.39, 0.29) is 5.56 Å². The summed E-state index contributed by atoms with van der Waals surface area (Å²) in [6, 6.07) is 4.88. The number of hydrogen-bond acceptors (Lipinski definition) is 2. The van der Waals surface area contributed by atoms with Crippen LogP contribution in [0.4, 0.5) is 5.69 Å². The highest BCUT2D eigenvalue weighted by Crippen LogP contribution is 2.29. The van der Waals surface area contributed by atoms with E-state index in [2.05, 4.69) is 17.9 Å². The van der Waals surface area contributed by atoms with E-state index in [0.717, 1.165) is 25.2 Å². The average molecular weight is 252 g/mol. The lowest BCUT2D eigenvalue weighted by Crippen LogP contribution is -2.29. The lowest BCUT2D eigenvalue weighted by atomic mass is 10.1. The van der Waals surface area contributed by atoms with Crippen molar-refractivity contribution in [2.75, 3.05) is 18.0 Å². The maximum Gasteiger partial charge on any atom is 0.335 e. The highest BCUT2D eigenvalue weighted by atomic mass is 35.5. The number of nitrogens with zero attached hydrogens (tertiary/aromatic N) is 1. The van der Waals surface area contributed by atoms with Gasteiger partial charge in [0.25, 0.3) is 0 Å². The SMILES string of the molecule is CC1=CCCN(c2ccc(C(=O)O)cc2Cl)C1. The van der Waals surface area contributed by atoms with Crippen molar-refractivity contribution < 1.29 is 9.90 Å². The third-order valence-electron chi connectivity index (χ3n) is 2.87. The minimum Gasteiger partial charge on any atom is -0.478 e. The van der Waals surface area contributed by atoms with Crippen molar-refractivity contribution >= 4 is 23.3 Å². The molecule has 0 bridgehead atoms. The number of anilines is 1. The number of aromatic carboxylic acids is 1. The van der Waals surface area contributed by atoms with Crippen LogP contribution in [0.5, 0.6) is 0 Å². The molecule has 90 valence electrons. The first kappa shape index (κ1) is 12.0. The number of benzene rings is 1. The zero-order chi connectivity index (χ0) is 12.4. The summed E-state index contributed by atoms with van der Waals surface area (Å²) in [7, 11) is 0. The van der Waals surface area contributed by atoms with E-state index >= 15 is 0 Å². The molecule has 0 aliphatic carbocycles. The molecule has 0 aromatic heterocycles. The second-order valence-electron chi connectivity index (χ2n) is 4.23. The number of carboxylic acids is 1. The first-order valence-corrected chi connectivity index (χ1v) is 5.89. The lowest BCUT2D eigenvalue weighted by Gasteiger charge is -2.29. The number of hydrogen-bond donors (Lipinski definition) is 1. The van der Waals surface area contributed by atoms with Gasteiger partial charge in [0.15, 0.2) is 0 Å². The fourth-order valence-corrected chi connectivity index (χ4v) is 2.31. The molecule has 4 heteroatoms. The Hall–Kier alpha value is -1.48. The molecule has 0 atom stereocenters. The van der Waals surface area contributed by atoms with Crippen molar-refractivity contribution in [1.82, 2.24) is 0 Å². The van der Waals surface area contributed by atoms with E-state index in [1.165, 1.54) is 11.6 Å². The zero-order valence-electron chi connectivity index (χ0n) is 9.61. The van der Waals surface area contributed by atoms with Crippen LogP contribution in [0, 0.1) is 0 Å². The molecule has 17 heavy (non-hydrogen) atoms. The number of rotatable bonds is 2. The van der Waals surface area contributed by atoms with Gasteiger partial charge in [-0.25, -0.2) is 4.79 Å². The Morgan fingerprint density at radius 1 is 1.47 bits per heavy atom. The third kappa shape index (κ3) is 2.61. The van der Waals surface area contributed by atoms with Crippen LogP contribution in [0.1, 0.15) is 23.7 Å². The first-order chi connectivity index (χ1) is 8.08. The van der Waals surface area contributed by atoms with Crippen LogP contribution in [-0.2, 0) is 0 Å². The van der Waals surface area contributed by atoms with Gasteiger partial charge in [0.1, 0.15) is 0 Å². The maximum absolute atomic E-state index is 10.8. The fraction of sp³-hybridized carbons (Fsp3) is 0.308. The number of carboxylic acid groups (broad SMARTS) is 1. The van der Waals surface area contributed by atoms with Gasteiger partial charge in [-0.05, 0) is 31.5 Å². The summed E-state index contributed by atoms with van der Waals surface area (Å²) in [6.45, 7) is 3.86. The Balaban J connectivity index is 2.28. The zero-order valence-corrected chi connectivity index (χ0v) is 10.4. The molecular formula is C13H14ClNO2. The van der Waals surface area contributed by atoms with Crippen LogP contribution in [-0.4, -0.2) is 24.2 Å². The number of carbonyl (C=O) groups is 1. The third-order valence-corrected chi connectivity index (χ3v) is 3.17. The Morgan fingerprint density at radius 3 is 2.82 bits per heavy atom. The Bertz CT molecular complexity index is 482. The van der Waals surface area contributed by atoms with Crippen LogP contribution >= 0.6 is 11.6 Å². The van der Waals surface area contributed by atoms with Gasteiger partial charge in [-0.2, -0.15) is 0 Å². The standard InChI is InChI=1S/C13H14ClNO2/c1-9-3-2-6-15(8-9)12-5-4-10(13(16)17)7-11(12)14/h3-5,7H,2,6,8H2,1H3,(H,16,17).